The smallest absolute Gasteiger partial charge is 0.217 e. The molecule has 18 heavy (non-hydrogen) atoms. The Balaban J connectivity index is 1.82. The van der Waals surface area contributed by atoms with E-state index in [4.69, 9.17) is 4.42 Å². The maximum Gasteiger partial charge on any atom is 0.217 e. The fourth-order valence-corrected chi connectivity index (χ4v) is 1.80. The monoisotopic (exact) mass is 243 g/mol. The van der Waals surface area contributed by atoms with Crippen molar-refractivity contribution in [3.63, 3.8) is 0 Å². The van der Waals surface area contributed by atoms with Crippen LogP contribution in [0.3, 0.4) is 0 Å². The molecule has 0 amide bonds. The van der Waals surface area contributed by atoms with Gasteiger partial charge in [-0.1, -0.05) is 17.3 Å². The largest absolute Gasteiger partial charge is 0.439 e. The number of nitrogens with zero attached hydrogens (tertiary/aromatic N) is 4. The first-order chi connectivity index (χ1) is 8.85. The average molecular weight is 243 g/mol. The molecule has 0 radical (unpaired) electrons. The lowest BCUT2D eigenvalue weighted by molar-refractivity contribution is 0.485. The Morgan fingerprint density at radius 3 is 3.06 bits per heavy atom. The predicted molar refractivity (Wildman–Crippen MR) is 65.9 cm³/mol. The zero-order chi connectivity index (χ0) is 12.4. The van der Waals surface area contributed by atoms with Gasteiger partial charge in [0.15, 0.2) is 5.58 Å². The topological polar surface area (TPSA) is 68.8 Å². The average Bonchev–Trinajstić information content (AvgIpc) is 2.96. The number of oxazole rings is 1. The van der Waals surface area contributed by atoms with Crippen LogP contribution in [-0.2, 0) is 13.1 Å². The molecule has 92 valence electrons. The molecule has 0 aliphatic heterocycles. The highest BCUT2D eigenvalue weighted by molar-refractivity contribution is 5.72. The number of nitrogens with one attached hydrogen (secondary N) is 1. The second-order valence-electron chi connectivity index (χ2n) is 4.01. The van der Waals surface area contributed by atoms with Crippen LogP contribution in [0.25, 0.3) is 11.1 Å². The van der Waals surface area contributed by atoms with Gasteiger partial charge < -0.3 is 9.73 Å². The Bertz CT molecular complexity index is 624. The standard InChI is InChI=1S/C12H13N5O/c1-13-6-9-7-17(16-15-9)8-12-14-10-4-2-3-5-11(10)18-12/h2-5,7,13H,6,8H2,1H3. The molecule has 0 aliphatic carbocycles. The molecule has 0 saturated heterocycles. The molecule has 0 unspecified atom stereocenters. The Kier molecular flexibility index (Phi) is 2.77. The summed E-state index contributed by atoms with van der Waals surface area (Å²) in [6.07, 6.45) is 1.88. The molecule has 1 N–H and O–H groups in total. The van der Waals surface area contributed by atoms with Gasteiger partial charge in [0.2, 0.25) is 5.89 Å². The van der Waals surface area contributed by atoms with Gasteiger partial charge in [0.1, 0.15) is 12.1 Å². The summed E-state index contributed by atoms with van der Waals surface area (Å²) in [5, 5.41) is 11.1. The van der Waals surface area contributed by atoms with Crippen LogP contribution in [0.2, 0.25) is 0 Å². The highest BCUT2D eigenvalue weighted by atomic mass is 16.3. The number of hydrogen-bond donors (Lipinski definition) is 1. The molecule has 2 heterocycles. The zero-order valence-electron chi connectivity index (χ0n) is 10.00. The van der Waals surface area contributed by atoms with Crippen molar-refractivity contribution in [3.05, 3.63) is 42.0 Å². The Morgan fingerprint density at radius 1 is 1.33 bits per heavy atom. The lowest BCUT2D eigenvalue weighted by Gasteiger charge is -1.93. The van der Waals surface area contributed by atoms with E-state index in [1.807, 2.05) is 37.5 Å². The van der Waals surface area contributed by atoms with Gasteiger partial charge >= 0.3 is 0 Å². The lowest BCUT2D eigenvalue weighted by atomic mass is 10.3. The van der Waals surface area contributed by atoms with E-state index in [1.54, 1.807) is 4.68 Å². The van der Waals surface area contributed by atoms with E-state index in [0.717, 1.165) is 16.8 Å². The van der Waals surface area contributed by atoms with Crippen LogP contribution >= 0.6 is 0 Å². The van der Waals surface area contributed by atoms with Crippen molar-refractivity contribution in [3.8, 4) is 0 Å². The molecule has 6 nitrogen and oxygen atoms in total. The number of para-hydroxylation sites is 2. The minimum Gasteiger partial charge on any atom is -0.439 e. The summed E-state index contributed by atoms with van der Waals surface area (Å²) >= 11 is 0. The van der Waals surface area contributed by atoms with Gasteiger partial charge in [-0.25, -0.2) is 9.67 Å². The zero-order valence-corrected chi connectivity index (χ0v) is 10.00. The molecule has 0 spiro atoms. The first-order valence-corrected chi connectivity index (χ1v) is 5.73. The van der Waals surface area contributed by atoms with Gasteiger partial charge in [0, 0.05) is 6.54 Å². The second-order valence-corrected chi connectivity index (χ2v) is 4.01. The number of benzene rings is 1. The molecule has 0 saturated carbocycles. The highest BCUT2D eigenvalue weighted by Crippen LogP contribution is 2.15. The quantitative estimate of drug-likeness (QED) is 0.745. The fraction of sp³-hybridized carbons (Fsp3) is 0.250. The number of aromatic nitrogens is 4. The lowest BCUT2D eigenvalue weighted by Crippen LogP contribution is -2.05. The Hall–Kier alpha value is -2.21. The third kappa shape index (κ3) is 2.10. The van der Waals surface area contributed by atoms with Crippen LogP contribution in [0, 0.1) is 0 Å². The number of hydrogen-bond acceptors (Lipinski definition) is 5. The van der Waals surface area contributed by atoms with E-state index in [9.17, 15) is 0 Å². The Morgan fingerprint density at radius 2 is 2.22 bits per heavy atom. The van der Waals surface area contributed by atoms with Gasteiger partial charge in [-0.3, -0.25) is 0 Å². The van der Waals surface area contributed by atoms with E-state index < -0.39 is 0 Å². The molecule has 2 aromatic heterocycles. The van der Waals surface area contributed by atoms with Crippen LogP contribution < -0.4 is 5.32 Å². The van der Waals surface area contributed by atoms with Crippen LogP contribution in [0.15, 0.2) is 34.9 Å². The molecule has 1 aromatic carbocycles. The summed E-state index contributed by atoms with van der Waals surface area (Å²) in [6, 6.07) is 7.70. The minimum atomic E-state index is 0.491. The summed E-state index contributed by atoms with van der Waals surface area (Å²) in [7, 11) is 1.87. The van der Waals surface area contributed by atoms with Crippen molar-refractivity contribution in [2.24, 2.45) is 0 Å². The predicted octanol–water partition coefficient (Wildman–Crippen LogP) is 1.19. The van der Waals surface area contributed by atoms with Crippen molar-refractivity contribution in [2.45, 2.75) is 13.1 Å². The number of rotatable bonds is 4. The van der Waals surface area contributed by atoms with Crippen LogP contribution in [0.4, 0.5) is 0 Å². The first kappa shape index (κ1) is 10.9. The molecule has 0 fully saturated rings. The molecular formula is C12H13N5O. The van der Waals surface area contributed by atoms with Crippen LogP contribution in [0.1, 0.15) is 11.6 Å². The Labute approximate surface area is 104 Å². The third-order valence-electron chi connectivity index (χ3n) is 2.58. The summed E-state index contributed by atoms with van der Waals surface area (Å²) < 4.78 is 7.35. The molecule has 3 aromatic rings. The van der Waals surface area contributed by atoms with Crippen molar-refractivity contribution in [1.29, 1.82) is 0 Å². The number of fused-ring (bicyclic) bond motifs is 1. The summed E-state index contributed by atoms with van der Waals surface area (Å²) in [5.74, 6) is 0.636. The van der Waals surface area contributed by atoms with Gasteiger partial charge in [0.05, 0.1) is 11.9 Å². The molecule has 3 rings (SSSR count). The van der Waals surface area contributed by atoms with Crippen LogP contribution in [-0.4, -0.2) is 27.0 Å². The van der Waals surface area contributed by atoms with Gasteiger partial charge in [-0.05, 0) is 19.2 Å². The minimum absolute atomic E-state index is 0.491. The van der Waals surface area contributed by atoms with Crippen molar-refractivity contribution in [1.82, 2.24) is 25.3 Å². The van der Waals surface area contributed by atoms with E-state index in [0.29, 0.717) is 19.0 Å². The fourth-order valence-electron chi connectivity index (χ4n) is 1.80. The maximum absolute atomic E-state index is 5.63. The summed E-state index contributed by atoms with van der Waals surface area (Å²) in [6.45, 7) is 1.19. The van der Waals surface area contributed by atoms with E-state index in [1.165, 1.54) is 0 Å². The first-order valence-electron chi connectivity index (χ1n) is 5.73. The second kappa shape index (κ2) is 4.58. The summed E-state index contributed by atoms with van der Waals surface area (Å²) in [5.41, 5.74) is 2.56. The van der Waals surface area contributed by atoms with Crippen molar-refractivity contribution >= 4 is 11.1 Å². The van der Waals surface area contributed by atoms with Gasteiger partial charge in [-0.15, -0.1) is 5.10 Å². The molecule has 6 heteroatoms. The SMILES string of the molecule is CNCc1cn(Cc2nc3ccccc3o2)nn1. The van der Waals surface area contributed by atoms with Gasteiger partial charge in [0.25, 0.3) is 0 Å². The van der Waals surface area contributed by atoms with Crippen molar-refractivity contribution in [2.75, 3.05) is 7.05 Å². The maximum atomic E-state index is 5.63. The van der Waals surface area contributed by atoms with E-state index in [-0.39, 0.29) is 0 Å². The molecule has 0 aliphatic rings. The van der Waals surface area contributed by atoms with Gasteiger partial charge in [-0.2, -0.15) is 0 Å². The highest BCUT2D eigenvalue weighted by Gasteiger charge is 2.07. The molecule has 0 bridgehead atoms. The molecule has 0 atom stereocenters. The van der Waals surface area contributed by atoms with E-state index >= 15 is 0 Å². The normalized spacial score (nSPS) is 11.2. The third-order valence-corrected chi connectivity index (χ3v) is 2.58. The van der Waals surface area contributed by atoms with E-state index in [2.05, 4.69) is 20.6 Å². The summed E-state index contributed by atoms with van der Waals surface area (Å²) in [4.78, 5) is 4.39. The molecular weight excluding hydrogens is 230 g/mol. The van der Waals surface area contributed by atoms with Crippen LogP contribution in [0.5, 0.6) is 0 Å². The van der Waals surface area contributed by atoms with Crippen molar-refractivity contribution < 1.29 is 4.42 Å².